The second kappa shape index (κ2) is 6.84. The smallest absolute Gasteiger partial charge is 0.266 e. The number of amides is 1. The van der Waals surface area contributed by atoms with Gasteiger partial charge >= 0.3 is 0 Å². The number of carbonyl (C=O) groups excluding carboxylic acids is 1. The predicted octanol–water partition coefficient (Wildman–Crippen LogP) is 4.13. The summed E-state index contributed by atoms with van der Waals surface area (Å²) in [5.41, 5.74) is 2.46. The van der Waals surface area contributed by atoms with Crippen molar-refractivity contribution in [1.29, 1.82) is 5.26 Å². The molecule has 0 aromatic heterocycles. The minimum atomic E-state index is -1.04. The number of nitrogens with zero attached hydrogens (tertiary/aromatic N) is 1. The summed E-state index contributed by atoms with van der Waals surface area (Å²) in [5.74, 6) is -2.63. The average molecular weight is 312 g/mol. The van der Waals surface area contributed by atoms with Crippen LogP contribution in [0.1, 0.15) is 16.7 Å². The highest BCUT2D eigenvalue weighted by molar-refractivity contribution is 6.10. The molecule has 0 aliphatic heterocycles. The number of nitriles is 1. The van der Waals surface area contributed by atoms with Gasteiger partial charge in [0.25, 0.3) is 5.91 Å². The van der Waals surface area contributed by atoms with E-state index in [1.165, 1.54) is 12.1 Å². The van der Waals surface area contributed by atoms with Crippen LogP contribution in [0.5, 0.6) is 0 Å². The van der Waals surface area contributed by atoms with Crippen LogP contribution in [0.4, 0.5) is 14.5 Å². The highest BCUT2D eigenvalue weighted by atomic mass is 19.2. The molecule has 0 heterocycles. The zero-order valence-corrected chi connectivity index (χ0v) is 12.7. The summed E-state index contributed by atoms with van der Waals surface area (Å²) in [5, 5.41) is 11.8. The number of halogens is 2. The van der Waals surface area contributed by atoms with Gasteiger partial charge in [-0.1, -0.05) is 18.2 Å². The van der Waals surface area contributed by atoms with Gasteiger partial charge < -0.3 is 5.32 Å². The molecule has 1 amide bonds. The number of carbonyl (C=O) groups is 1. The Morgan fingerprint density at radius 1 is 1.13 bits per heavy atom. The molecule has 0 aliphatic carbocycles. The van der Waals surface area contributed by atoms with E-state index < -0.39 is 17.5 Å². The molecule has 0 spiro atoms. The van der Waals surface area contributed by atoms with Crippen LogP contribution in [-0.2, 0) is 4.79 Å². The average Bonchev–Trinajstić information content (AvgIpc) is 2.51. The van der Waals surface area contributed by atoms with Gasteiger partial charge in [-0.25, -0.2) is 8.78 Å². The summed E-state index contributed by atoms with van der Waals surface area (Å²) in [6, 6.07) is 10.5. The van der Waals surface area contributed by atoms with Gasteiger partial charge in [-0.3, -0.25) is 4.79 Å². The Bertz CT molecular complexity index is 835. The lowest BCUT2D eigenvalue weighted by molar-refractivity contribution is -0.112. The second-order valence-corrected chi connectivity index (χ2v) is 5.12. The Kier molecular flexibility index (Phi) is 4.87. The summed E-state index contributed by atoms with van der Waals surface area (Å²) >= 11 is 0. The predicted molar refractivity (Wildman–Crippen MR) is 84.5 cm³/mol. The lowest BCUT2D eigenvalue weighted by atomic mass is 10.1. The van der Waals surface area contributed by atoms with Crippen molar-refractivity contribution >= 4 is 17.7 Å². The molecule has 2 aromatic carbocycles. The summed E-state index contributed by atoms with van der Waals surface area (Å²) in [7, 11) is 0. The monoisotopic (exact) mass is 312 g/mol. The normalized spacial score (nSPS) is 11.0. The van der Waals surface area contributed by atoms with Gasteiger partial charge in [0, 0.05) is 5.69 Å². The van der Waals surface area contributed by atoms with Crippen molar-refractivity contribution in [1.82, 2.24) is 0 Å². The van der Waals surface area contributed by atoms with Crippen LogP contribution in [-0.4, -0.2) is 5.91 Å². The molecule has 0 saturated carbocycles. The van der Waals surface area contributed by atoms with Crippen molar-refractivity contribution in [3.05, 3.63) is 70.3 Å². The van der Waals surface area contributed by atoms with Gasteiger partial charge in [0.15, 0.2) is 11.6 Å². The lowest BCUT2D eigenvalue weighted by Crippen LogP contribution is -2.14. The molecule has 23 heavy (non-hydrogen) atoms. The minimum absolute atomic E-state index is 0.197. The largest absolute Gasteiger partial charge is 0.321 e. The zero-order valence-electron chi connectivity index (χ0n) is 12.7. The lowest BCUT2D eigenvalue weighted by Gasteiger charge is -2.08. The van der Waals surface area contributed by atoms with Gasteiger partial charge in [-0.2, -0.15) is 5.26 Å². The number of nitrogens with one attached hydrogen (secondary N) is 1. The van der Waals surface area contributed by atoms with Gasteiger partial charge in [0.2, 0.25) is 0 Å². The van der Waals surface area contributed by atoms with E-state index in [9.17, 15) is 13.6 Å². The summed E-state index contributed by atoms with van der Waals surface area (Å²) in [6.07, 6.45) is 1.21. The summed E-state index contributed by atoms with van der Waals surface area (Å²) in [6.45, 7) is 3.72. The molecule has 0 saturated heterocycles. The first-order valence-electron chi connectivity index (χ1n) is 6.86. The molecule has 0 aliphatic rings. The maximum atomic E-state index is 13.2. The third-order valence-electron chi connectivity index (χ3n) is 3.26. The van der Waals surface area contributed by atoms with Crippen molar-refractivity contribution in [3.8, 4) is 6.07 Å². The number of aryl methyl sites for hydroxylation is 2. The topological polar surface area (TPSA) is 52.9 Å². The molecule has 0 unspecified atom stereocenters. The number of rotatable bonds is 3. The van der Waals surface area contributed by atoms with Crippen LogP contribution >= 0.6 is 0 Å². The van der Waals surface area contributed by atoms with E-state index in [0.29, 0.717) is 5.69 Å². The molecular formula is C18H14F2N2O. The van der Waals surface area contributed by atoms with Crippen molar-refractivity contribution in [2.45, 2.75) is 13.8 Å². The molecule has 0 bridgehead atoms. The fraction of sp³-hybridized carbons (Fsp3) is 0.111. The van der Waals surface area contributed by atoms with E-state index in [4.69, 9.17) is 5.26 Å². The Labute approximate surface area is 132 Å². The summed E-state index contributed by atoms with van der Waals surface area (Å²) < 4.78 is 26.1. The fourth-order valence-corrected chi connectivity index (χ4v) is 1.98. The third-order valence-corrected chi connectivity index (χ3v) is 3.26. The molecule has 0 fully saturated rings. The van der Waals surface area contributed by atoms with Crippen molar-refractivity contribution in [2.24, 2.45) is 0 Å². The molecule has 2 rings (SSSR count). The van der Waals surface area contributed by atoms with Gasteiger partial charge in [-0.05, 0) is 54.8 Å². The SMILES string of the molecule is Cc1ccc(C)c(NC(=O)/C(C#N)=C/c2ccc(F)c(F)c2)c1. The second-order valence-electron chi connectivity index (χ2n) is 5.12. The molecule has 0 radical (unpaired) electrons. The van der Waals surface area contributed by atoms with Crippen molar-refractivity contribution < 1.29 is 13.6 Å². The number of benzene rings is 2. The van der Waals surface area contributed by atoms with Gasteiger partial charge in [-0.15, -0.1) is 0 Å². The first-order chi connectivity index (χ1) is 10.9. The molecule has 1 N–H and O–H groups in total. The van der Waals surface area contributed by atoms with Crippen LogP contribution < -0.4 is 5.32 Å². The van der Waals surface area contributed by atoms with E-state index in [0.717, 1.165) is 23.3 Å². The molecule has 5 heteroatoms. The highest BCUT2D eigenvalue weighted by Crippen LogP contribution is 2.18. The van der Waals surface area contributed by atoms with E-state index in [2.05, 4.69) is 5.32 Å². The molecule has 2 aromatic rings. The molecular weight excluding hydrogens is 298 g/mol. The first kappa shape index (κ1) is 16.4. The van der Waals surface area contributed by atoms with Gasteiger partial charge in [0.05, 0.1) is 0 Å². The summed E-state index contributed by atoms with van der Waals surface area (Å²) in [4.78, 5) is 12.2. The third kappa shape index (κ3) is 4.01. The fourth-order valence-electron chi connectivity index (χ4n) is 1.98. The van der Waals surface area contributed by atoms with Gasteiger partial charge in [0.1, 0.15) is 11.6 Å². The first-order valence-corrected chi connectivity index (χ1v) is 6.86. The molecule has 116 valence electrons. The number of anilines is 1. The van der Waals surface area contributed by atoms with Crippen LogP contribution in [0.25, 0.3) is 6.08 Å². The quantitative estimate of drug-likeness (QED) is 0.684. The maximum Gasteiger partial charge on any atom is 0.266 e. The molecule has 0 atom stereocenters. The zero-order chi connectivity index (χ0) is 17.0. The van der Waals surface area contributed by atoms with E-state index in [1.54, 1.807) is 12.1 Å². The Hall–Kier alpha value is -3.00. The minimum Gasteiger partial charge on any atom is -0.321 e. The van der Waals surface area contributed by atoms with E-state index in [1.807, 2.05) is 26.0 Å². The van der Waals surface area contributed by atoms with Crippen molar-refractivity contribution in [2.75, 3.05) is 5.32 Å². The van der Waals surface area contributed by atoms with Crippen LogP contribution in [0.3, 0.4) is 0 Å². The number of hydrogen-bond donors (Lipinski definition) is 1. The van der Waals surface area contributed by atoms with E-state index in [-0.39, 0.29) is 11.1 Å². The highest BCUT2D eigenvalue weighted by Gasteiger charge is 2.11. The van der Waals surface area contributed by atoms with Crippen LogP contribution in [0.2, 0.25) is 0 Å². The van der Waals surface area contributed by atoms with Crippen LogP contribution in [0, 0.1) is 36.8 Å². The number of hydrogen-bond acceptors (Lipinski definition) is 2. The Morgan fingerprint density at radius 3 is 2.52 bits per heavy atom. The Balaban J connectivity index is 2.28. The van der Waals surface area contributed by atoms with Crippen molar-refractivity contribution in [3.63, 3.8) is 0 Å². The maximum absolute atomic E-state index is 13.2. The van der Waals surface area contributed by atoms with Crippen LogP contribution in [0.15, 0.2) is 42.0 Å². The molecule has 3 nitrogen and oxygen atoms in total. The Morgan fingerprint density at radius 2 is 1.87 bits per heavy atom. The van der Waals surface area contributed by atoms with E-state index >= 15 is 0 Å². The standard InChI is InChI=1S/C18H14F2N2O/c1-11-3-4-12(2)17(7-11)22-18(23)14(10-21)8-13-5-6-15(19)16(20)9-13/h3-9H,1-2H3,(H,22,23)/b14-8+.